The van der Waals surface area contributed by atoms with Crippen LogP contribution in [0.2, 0.25) is 0 Å². The van der Waals surface area contributed by atoms with Crippen LogP contribution in [0.4, 0.5) is 21.5 Å². The van der Waals surface area contributed by atoms with Gasteiger partial charge >= 0.3 is 0 Å². The number of hydrogen-bond acceptors (Lipinski definition) is 2. The average molecular weight is 904 g/mol. The molecule has 0 amide bonds. The molecule has 0 saturated heterocycles. The summed E-state index contributed by atoms with van der Waals surface area (Å²) in [5, 5.41) is 7.11. The maximum atomic E-state index is 17.4. The molecule has 70 heavy (non-hydrogen) atoms. The van der Waals surface area contributed by atoms with Crippen LogP contribution in [0.3, 0.4) is 0 Å². The minimum atomic E-state index is -0.321. The number of halogens is 1. The van der Waals surface area contributed by atoms with Crippen molar-refractivity contribution in [1.29, 1.82) is 0 Å². The first-order valence-corrected chi connectivity index (χ1v) is 24.3. The monoisotopic (exact) mass is 903 g/mol. The normalized spacial score (nSPS) is 11.8. The van der Waals surface area contributed by atoms with Gasteiger partial charge < -0.3 is 9.64 Å². The maximum Gasteiger partial charge on any atom is 0.243 e. The van der Waals surface area contributed by atoms with Gasteiger partial charge in [-0.05, 0) is 139 Å². The molecule has 0 saturated carbocycles. The van der Waals surface area contributed by atoms with E-state index in [-0.39, 0.29) is 12.5 Å². The van der Waals surface area contributed by atoms with Crippen LogP contribution in [0.25, 0.3) is 65.7 Å². The second kappa shape index (κ2) is 17.1. The van der Waals surface area contributed by atoms with Crippen LogP contribution < -0.4 is 26.0 Å². The van der Waals surface area contributed by atoms with E-state index in [4.69, 9.17) is 4.74 Å². The van der Waals surface area contributed by atoms with E-state index in [2.05, 4.69) is 157 Å². The van der Waals surface area contributed by atoms with Crippen molar-refractivity contribution in [3.05, 3.63) is 239 Å². The maximum absolute atomic E-state index is 17.4. The fourth-order valence-corrected chi connectivity index (χ4v) is 11.9. The highest BCUT2D eigenvalue weighted by Crippen LogP contribution is 2.52. The molecule has 0 radical (unpaired) electrons. The van der Waals surface area contributed by atoms with Crippen LogP contribution in [0.15, 0.2) is 200 Å². The zero-order valence-electron chi connectivity index (χ0n) is 40.4. The van der Waals surface area contributed by atoms with Gasteiger partial charge in [0.15, 0.2) is 0 Å². The average Bonchev–Trinajstić information content (AvgIpc) is 3.36. The molecule has 1 heterocycles. The number of rotatable bonds is 8. The SMILES string of the molecule is Cc1cc(C)c(B(c2c(C)cc(C)cc2C)c2cc3c4cccc5c4c(cc3c3ccccc23)-c2ccc(N(c3ccccc3)c3c(F)cc(-c4ccccc4)cc3-c3ccccc3)cc2O5)c(C)c1. The van der Waals surface area contributed by atoms with Gasteiger partial charge in [-0.1, -0.05) is 195 Å². The first kappa shape index (κ1) is 43.1. The molecular weight excluding hydrogens is 853 g/mol. The van der Waals surface area contributed by atoms with Gasteiger partial charge in [-0.3, -0.25) is 0 Å². The van der Waals surface area contributed by atoms with E-state index < -0.39 is 0 Å². The second-order valence-electron chi connectivity index (χ2n) is 19.3. The number of para-hydroxylation sites is 1. The van der Waals surface area contributed by atoms with Crippen molar-refractivity contribution >= 4 is 72.5 Å². The molecule has 0 unspecified atom stereocenters. The van der Waals surface area contributed by atoms with Crippen molar-refractivity contribution in [3.8, 4) is 44.9 Å². The number of hydrogen-bond donors (Lipinski definition) is 0. The Morgan fingerprint density at radius 1 is 0.386 bits per heavy atom. The molecule has 1 aliphatic heterocycles. The van der Waals surface area contributed by atoms with E-state index in [1.807, 2.05) is 83.8 Å². The molecule has 0 bridgehead atoms. The number of fused-ring (bicyclic) bond motifs is 6. The van der Waals surface area contributed by atoms with Crippen molar-refractivity contribution < 1.29 is 9.13 Å². The molecule has 0 atom stereocenters. The van der Waals surface area contributed by atoms with Gasteiger partial charge in [0, 0.05) is 28.3 Å². The third kappa shape index (κ3) is 7.17. The Hall–Kier alpha value is -8.21. The number of ether oxygens (including phenoxy) is 1. The Balaban J connectivity index is 1.07. The molecule has 336 valence electrons. The summed E-state index contributed by atoms with van der Waals surface area (Å²) in [7, 11) is 0. The quantitative estimate of drug-likeness (QED) is 0.111. The predicted molar refractivity (Wildman–Crippen MR) is 296 cm³/mol. The molecular formula is C66H51BFNO. The van der Waals surface area contributed by atoms with E-state index in [1.54, 1.807) is 6.07 Å². The first-order chi connectivity index (χ1) is 34.1. The highest BCUT2D eigenvalue weighted by Gasteiger charge is 2.32. The Bertz CT molecular complexity index is 3780. The Kier molecular flexibility index (Phi) is 10.5. The molecule has 2 nitrogen and oxygen atoms in total. The summed E-state index contributed by atoms with van der Waals surface area (Å²) in [5.41, 5.74) is 19.5. The summed E-state index contributed by atoms with van der Waals surface area (Å²) < 4.78 is 24.4. The Morgan fingerprint density at radius 2 is 0.943 bits per heavy atom. The predicted octanol–water partition coefficient (Wildman–Crippen LogP) is 16.2. The Labute approximate surface area is 410 Å². The zero-order chi connectivity index (χ0) is 47.8. The van der Waals surface area contributed by atoms with E-state index in [9.17, 15) is 0 Å². The van der Waals surface area contributed by atoms with Gasteiger partial charge in [-0.2, -0.15) is 0 Å². The second-order valence-corrected chi connectivity index (χ2v) is 19.3. The molecule has 4 heteroatoms. The van der Waals surface area contributed by atoms with Crippen LogP contribution in [0.5, 0.6) is 11.5 Å². The third-order valence-corrected chi connectivity index (χ3v) is 14.6. The fraction of sp³-hybridized carbons (Fsp3) is 0.0909. The number of benzene rings is 11. The van der Waals surface area contributed by atoms with Gasteiger partial charge in [-0.15, -0.1) is 0 Å². The first-order valence-electron chi connectivity index (χ1n) is 24.3. The van der Waals surface area contributed by atoms with Crippen molar-refractivity contribution in [3.63, 3.8) is 0 Å². The summed E-state index contributed by atoms with van der Waals surface area (Å²) in [6.07, 6.45) is 0. The highest BCUT2D eigenvalue weighted by molar-refractivity contribution is 6.98. The largest absolute Gasteiger partial charge is 0.456 e. The van der Waals surface area contributed by atoms with Crippen molar-refractivity contribution in [1.82, 2.24) is 0 Å². The van der Waals surface area contributed by atoms with Crippen molar-refractivity contribution in [2.45, 2.75) is 41.5 Å². The van der Waals surface area contributed by atoms with E-state index in [0.717, 1.165) is 67.0 Å². The van der Waals surface area contributed by atoms with E-state index in [0.29, 0.717) is 5.69 Å². The van der Waals surface area contributed by atoms with Crippen LogP contribution >= 0.6 is 0 Å². The van der Waals surface area contributed by atoms with Gasteiger partial charge in [0.05, 0.1) is 11.4 Å². The lowest BCUT2D eigenvalue weighted by atomic mass is 9.33. The number of aryl methyl sites for hydroxylation is 6. The highest BCUT2D eigenvalue weighted by atomic mass is 19.1. The summed E-state index contributed by atoms with van der Waals surface area (Å²) in [4.78, 5) is 2.03. The van der Waals surface area contributed by atoms with Gasteiger partial charge in [-0.25, -0.2) is 4.39 Å². The lowest BCUT2D eigenvalue weighted by Gasteiger charge is -2.30. The molecule has 11 aromatic rings. The molecule has 0 fully saturated rings. The van der Waals surface area contributed by atoms with Crippen molar-refractivity contribution in [2.75, 3.05) is 4.90 Å². The van der Waals surface area contributed by atoms with Crippen LogP contribution in [-0.2, 0) is 0 Å². The van der Waals surface area contributed by atoms with Crippen LogP contribution in [0, 0.1) is 47.4 Å². The molecule has 0 aliphatic carbocycles. The van der Waals surface area contributed by atoms with Crippen molar-refractivity contribution in [2.24, 2.45) is 0 Å². The summed E-state index contributed by atoms with van der Waals surface area (Å²) in [6, 6.07) is 70.0. The van der Waals surface area contributed by atoms with E-state index in [1.165, 1.54) is 71.3 Å². The molecule has 11 aromatic carbocycles. The zero-order valence-corrected chi connectivity index (χ0v) is 40.4. The van der Waals surface area contributed by atoms with Gasteiger partial charge in [0.2, 0.25) is 6.71 Å². The Morgan fingerprint density at radius 3 is 1.59 bits per heavy atom. The lowest BCUT2D eigenvalue weighted by molar-refractivity contribution is 0.487. The molecule has 0 spiro atoms. The minimum Gasteiger partial charge on any atom is -0.456 e. The summed E-state index contributed by atoms with van der Waals surface area (Å²) in [6.45, 7) is 13.5. The fourth-order valence-electron chi connectivity index (χ4n) is 11.9. The smallest absolute Gasteiger partial charge is 0.243 e. The third-order valence-electron chi connectivity index (χ3n) is 14.6. The standard InChI is InChI=1S/C66H51BFNO/c1-40-31-42(3)64(43(4)32-40)67(65-44(5)33-41(2)34-45(65)6)59-39-57-54-27-18-28-61-63(54)58(38-56(57)51-25-16-17-26-52(51)59)53-30-29-50(37-62(53)70-61)69(49-23-14-9-15-24-49)66-55(47-21-12-8-13-22-47)35-48(36-60(66)68)46-19-10-7-11-20-46/h7-39H,1-6H3. The van der Waals surface area contributed by atoms with E-state index >= 15 is 4.39 Å². The topological polar surface area (TPSA) is 12.5 Å². The molecule has 0 N–H and O–H groups in total. The van der Waals surface area contributed by atoms with Gasteiger partial charge in [0.1, 0.15) is 17.3 Å². The summed E-state index contributed by atoms with van der Waals surface area (Å²) in [5.74, 6) is 1.20. The van der Waals surface area contributed by atoms with Crippen LogP contribution in [-0.4, -0.2) is 6.71 Å². The molecule has 1 aliphatic rings. The lowest BCUT2D eigenvalue weighted by Crippen LogP contribution is -2.56. The van der Waals surface area contributed by atoms with Crippen LogP contribution in [0.1, 0.15) is 33.4 Å². The molecule has 12 rings (SSSR count). The van der Waals surface area contributed by atoms with Gasteiger partial charge in [0.25, 0.3) is 0 Å². The number of anilines is 3. The molecule has 0 aromatic heterocycles. The number of nitrogens with zero attached hydrogens (tertiary/aromatic N) is 1. The minimum absolute atomic E-state index is 0.00561. The summed E-state index contributed by atoms with van der Waals surface area (Å²) >= 11 is 0.